The molecule has 0 aliphatic carbocycles. The van der Waals surface area contributed by atoms with Crippen LogP contribution >= 0.6 is 0 Å². The van der Waals surface area contributed by atoms with Crippen LogP contribution in [0.1, 0.15) is 63.8 Å². The first-order valence-corrected chi connectivity index (χ1v) is 11.1. The van der Waals surface area contributed by atoms with Crippen molar-refractivity contribution >= 4 is 28.6 Å². The second kappa shape index (κ2) is 9.77. The third-order valence-electron chi connectivity index (χ3n) is 5.71. The van der Waals surface area contributed by atoms with Gasteiger partial charge in [-0.3, -0.25) is 19.3 Å². The highest BCUT2D eigenvalue weighted by Gasteiger charge is 2.35. The van der Waals surface area contributed by atoms with E-state index >= 15 is 0 Å². The van der Waals surface area contributed by atoms with E-state index in [9.17, 15) is 19.2 Å². The van der Waals surface area contributed by atoms with Crippen LogP contribution in [-0.2, 0) is 11.3 Å². The number of carbonyl (C=O) groups is 3. The van der Waals surface area contributed by atoms with Crippen molar-refractivity contribution in [2.45, 2.75) is 39.2 Å². The van der Waals surface area contributed by atoms with Gasteiger partial charge in [-0.25, -0.2) is 9.48 Å². The Morgan fingerprint density at radius 3 is 2.15 bits per heavy atom. The number of hydrogen-bond donors (Lipinski definition) is 0. The van der Waals surface area contributed by atoms with Crippen molar-refractivity contribution in [1.29, 1.82) is 0 Å². The van der Waals surface area contributed by atoms with Gasteiger partial charge in [0.2, 0.25) is 0 Å². The number of carbonyl (C=O) groups excluding carboxylic acids is 3. The van der Waals surface area contributed by atoms with Crippen molar-refractivity contribution < 1.29 is 19.1 Å². The average Bonchev–Trinajstić information content (AvgIpc) is 3.08. The quantitative estimate of drug-likeness (QED) is 0.283. The Morgan fingerprint density at radius 2 is 1.48 bits per heavy atom. The molecule has 0 saturated carbocycles. The van der Waals surface area contributed by atoms with Crippen LogP contribution in [0.3, 0.4) is 0 Å². The first-order chi connectivity index (χ1) is 16.0. The number of aryl methyl sites for hydroxylation is 1. The summed E-state index contributed by atoms with van der Waals surface area (Å²) < 4.78 is 6.69. The molecule has 8 heteroatoms. The maximum atomic E-state index is 12.9. The van der Waals surface area contributed by atoms with Gasteiger partial charge in [0.1, 0.15) is 6.61 Å². The van der Waals surface area contributed by atoms with E-state index in [0.717, 1.165) is 30.6 Å². The summed E-state index contributed by atoms with van der Waals surface area (Å²) in [5.74, 6) is -1.52. The molecule has 2 aromatic carbocycles. The van der Waals surface area contributed by atoms with Crippen LogP contribution in [0.25, 0.3) is 10.8 Å². The molecule has 8 nitrogen and oxygen atoms in total. The van der Waals surface area contributed by atoms with Crippen LogP contribution in [0, 0.1) is 0 Å². The number of amides is 2. The van der Waals surface area contributed by atoms with Crippen LogP contribution in [0.5, 0.6) is 0 Å². The van der Waals surface area contributed by atoms with Gasteiger partial charge in [0.25, 0.3) is 17.4 Å². The lowest BCUT2D eigenvalue weighted by Gasteiger charge is -2.14. The molecule has 3 aromatic rings. The van der Waals surface area contributed by atoms with Gasteiger partial charge in [-0.2, -0.15) is 5.10 Å². The van der Waals surface area contributed by atoms with Gasteiger partial charge in [0.15, 0.2) is 5.69 Å². The summed E-state index contributed by atoms with van der Waals surface area (Å²) in [6.45, 7) is 2.29. The molecule has 4 rings (SSSR count). The zero-order valence-corrected chi connectivity index (χ0v) is 18.5. The van der Waals surface area contributed by atoms with Gasteiger partial charge in [-0.15, -0.1) is 0 Å². The van der Waals surface area contributed by atoms with Crippen molar-refractivity contribution in [3.05, 3.63) is 75.7 Å². The molecule has 1 aliphatic rings. The molecule has 0 radical (unpaired) electrons. The fourth-order valence-electron chi connectivity index (χ4n) is 3.97. The Bertz CT molecular complexity index is 1250. The second-order valence-electron chi connectivity index (χ2n) is 7.93. The van der Waals surface area contributed by atoms with Crippen molar-refractivity contribution in [1.82, 2.24) is 14.7 Å². The van der Waals surface area contributed by atoms with Crippen LogP contribution in [-0.4, -0.2) is 45.6 Å². The average molecular weight is 447 g/mol. The van der Waals surface area contributed by atoms with Crippen LogP contribution < -0.4 is 5.56 Å². The molecule has 33 heavy (non-hydrogen) atoms. The minimum absolute atomic E-state index is 0.0445. The van der Waals surface area contributed by atoms with Crippen LogP contribution in [0.2, 0.25) is 0 Å². The van der Waals surface area contributed by atoms with E-state index in [1.807, 2.05) is 0 Å². The lowest BCUT2D eigenvalue weighted by Crippen LogP contribution is -2.34. The van der Waals surface area contributed by atoms with Gasteiger partial charge in [-0.05, 0) is 24.6 Å². The standard InChI is InChI=1S/C25H25N3O5/c1-2-3-4-9-14-28-24(31)18-11-6-5-10-17(18)21(26-28)25(32)33-16-15-27-22(29)19-12-7-8-13-20(19)23(27)30/h5-8,10-13H,2-4,9,14-16H2,1H3. The van der Waals surface area contributed by atoms with E-state index in [-0.39, 0.29) is 24.4 Å². The molecule has 0 unspecified atom stereocenters. The molecule has 2 heterocycles. The Morgan fingerprint density at radius 1 is 0.848 bits per heavy atom. The first kappa shape index (κ1) is 22.4. The SMILES string of the molecule is CCCCCCn1nc(C(=O)OCCN2C(=O)c3ccccc3C2=O)c2ccccc2c1=O. The summed E-state index contributed by atoms with van der Waals surface area (Å²) in [6, 6.07) is 13.4. The van der Waals surface area contributed by atoms with E-state index in [2.05, 4.69) is 12.0 Å². The summed E-state index contributed by atoms with van der Waals surface area (Å²) in [5.41, 5.74) is 0.487. The first-order valence-electron chi connectivity index (χ1n) is 11.1. The molecule has 1 aromatic heterocycles. The number of ether oxygens (including phenoxy) is 1. The molecule has 0 saturated heterocycles. The Balaban J connectivity index is 1.49. The van der Waals surface area contributed by atoms with E-state index in [1.165, 1.54) is 4.68 Å². The predicted molar refractivity (Wildman–Crippen MR) is 122 cm³/mol. The predicted octanol–water partition coefficient (Wildman–Crippen LogP) is 3.43. The summed E-state index contributed by atoms with van der Waals surface area (Å²) in [7, 11) is 0. The molecule has 0 spiro atoms. The number of esters is 1. The summed E-state index contributed by atoms with van der Waals surface area (Å²) >= 11 is 0. The number of rotatable bonds is 9. The molecular weight excluding hydrogens is 422 g/mol. The molecule has 0 bridgehead atoms. The number of imide groups is 1. The molecule has 2 amide bonds. The van der Waals surface area contributed by atoms with Crippen molar-refractivity contribution in [3.8, 4) is 0 Å². The van der Waals surface area contributed by atoms with Crippen LogP contribution in [0.4, 0.5) is 0 Å². The number of nitrogens with zero attached hydrogens (tertiary/aromatic N) is 3. The molecule has 0 N–H and O–H groups in total. The minimum Gasteiger partial charge on any atom is -0.459 e. The monoisotopic (exact) mass is 447 g/mol. The largest absolute Gasteiger partial charge is 0.459 e. The van der Waals surface area contributed by atoms with Gasteiger partial charge >= 0.3 is 5.97 Å². The molecule has 1 aliphatic heterocycles. The van der Waals surface area contributed by atoms with Crippen molar-refractivity contribution in [2.75, 3.05) is 13.2 Å². The molecule has 0 fully saturated rings. The Kier molecular flexibility index (Phi) is 6.63. The smallest absolute Gasteiger partial charge is 0.359 e. The number of aromatic nitrogens is 2. The normalized spacial score (nSPS) is 12.9. The third kappa shape index (κ3) is 4.41. The lowest BCUT2D eigenvalue weighted by atomic mass is 10.1. The maximum Gasteiger partial charge on any atom is 0.359 e. The molecule has 0 atom stereocenters. The second-order valence-corrected chi connectivity index (χ2v) is 7.93. The third-order valence-corrected chi connectivity index (χ3v) is 5.71. The highest BCUT2D eigenvalue weighted by atomic mass is 16.5. The maximum absolute atomic E-state index is 12.9. The number of fused-ring (bicyclic) bond motifs is 2. The summed E-state index contributed by atoms with van der Waals surface area (Å²) in [5, 5.41) is 5.11. The number of hydrogen-bond acceptors (Lipinski definition) is 6. The van der Waals surface area contributed by atoms with E-state index in [1.54, 1.807) is 48.5 Å². The summed E-state index contributed by atoms with van der Waals surface area (Å²) in [4.78, 5) is 51.7. The van der Waals surface area contributed by atoms with E-state index < -0.39 is 17.8 Å². The lowest BCUT2D eigenvalue weighted by molar-refractivity contribution is 0.0415. The Hall–Kier alpha value is -3.81. The zero-order valence-electron chi connectivity index (χ0n) is 18.5. The zero-order chi connectivity index (χ0) is 23.4. The highest BCUT2D eigenvalue weighted by molar-refractivity contribution is 6.21. The highest BCUT2D eigenvalue weighted by Crippen LogP contribution is 2.22. The van der Waals surface area contributed by atoms with Gasteiger partial charge < -0.3 is 4.74 Å². The van der Waals surface area contributed by atoms with E-state index in [0.29, 0.717) is 28.4 Å². The summed E-state index contributed by atoms with van der Waals surface area (Å²) in [6.07, 6.45) is 3.89. The van der Waals surface area contributed by atoms with Crippen molar-refractivity contribution in [2.24, 2.45) is 0 Å². The van der Waals surface area contributed by atoms with Gasteiger partial charge in [0.05, 0.1) is 23.1 Å². The Labute approximate surface area is 190 Å². The molecular formula is C25H25N3O5. The van der Waals surface area contributed by atoms with E-state index in [4.69, 9.17) is 4.74 Å². The fraction of sp³-hybridized carbons (Fsp3) is 0.320. The van der Waals surface area contributed by atoms with Crippen LogP contribution in [0.15, 0.2) is 53.3 Å². The minimum atomic E-state index is -0.704. The van der Waals surface area contributed by atoms with Gasteiger partial charge in [-0.1, -0.05) is 56.5 Å². The van der Waals surface area contributed by atoms with Gasteiger partial charge in [0, 0.05) is 11.9 Å². The number of unbranched alkanes of at least 4 members (excludes halogenated alkanes) is 3. The fourth-order valence-corrected chi connectivity index (χ4v) is 3.97. The van der Waals surface area contributed by atoms with Crippen molar-refractivity contribution in [3.63, 3.8) is 0 Å². The topological polar surface area (TPSA) is 98.6 Å². The number of benzene rings is 2. The molecule has 170 valence electrons.